The number of hydrogen-bond donors (Lipinski definition) is 2. The maximum absolute atomic E-state index is 12.8. The third kappa shape index (κ3) is 3.34. The fourth-order valence-corrected chi connectivity index (χ4v) is 2.78. The SMILES string of the molecule is NS(=O)(=O)c1ccc(C(F)(F)F)cc1-c1ccc(O)c(Cl)c1. The van der Waals surface area contributed by atoms with E-state index >= 15 is 0 Å². The molecule has 0 spiro atoms. The maximum atomic E-state index is 12.8. The van der Waals surface area contributed by atoms with Crippen molar-refractivity contribution >= 4 is 21.6 Å². The second-order valence-electron chi connectivity index (χ2n) is 4.42. The van der Waals surface area contributed by atoms with E-state index in [4.69, 9.17) is 16.7 Å². The van der Waals surface area contributed by atoms with Gasteiger partial charge in [0.15, 0.2) is 0 Å². The zero-order chi connectivity index (χ0) is 16.7. The normalized spacial score (nSPS) is 12.4. The number of alkyl halides is 3. The second-order valence-corrected chi connectivity index (χ2v) is 6.36. The fourth-order valence-electron chi connectivity index (χ4n) is 1.85. The molecule has 0 atom stereocenters. The Morgan fingerprint density at radius 1 is 1.09 bits per heavy atom. The molecule has 118 valence electrons. The van der Waals surface area contributed by atoms with Crippen LogP contribution in [-0.2, 0) is 16.2 Å². The van der Waals surface area contributed by atoms with Crippen molar-refractivity contribution in [2.24, 2.45) is 5.14 Å². The second kappa shape index (κ2) is 5.45. The number of phenols is 1. The van der Waals surface area contributed by atoms with Gasteiger partial charge in [0.1, 0.15) is 5.75 Å². The Morgan fingerprint density at radius 3 is 2.23 bits per heavy atom. The summed E-state index contributed by atoms with van der Waals surface area (Å²) in [5, 5.41) is 14.2. The number of sulfonamides is 1. The van der Waals surface area contributed by atoms with Crippen molar-refractivity contribution in [1.82, 2.24) is 0 Å². The number of primary sulfonamides is 1. The number of aromatic hydroxyl groups is 1. The van der Waals surface area contributed by atoms with Gasteiger partial charge < -0.3 is 5.11 Å². The quantitative estimate of drug-likeness (QED) is 0.870. The summed E-state index contributed by atoms with van der Waals surface area (Å²) in [4.78, 5) is -0.470. The highest BCUT2D eigenvalue weighted by Crippen LogP contribution is 2.37. The van der Waals surface area contributed by atoms with Gasteiger partial charge in [0.2, 0.25) is 10.0 Å². The molecule has 9 heteroatoms. The molecule has 0 radical (unpaired) electrons. The fraction of sp³-hybridized carbons (Fsp3) is 0.0769. The summed E-state index contributed by atoms with van der Waals surface area (Å²) in [5.41, 5.74) is -1.20. The lowest BCUT2D eigenvalue weighted by atomic mass is 10.0. The Kier molecular flexibility index (Phi) is 4.12. The molecule has 2 aromatic carbocycles. The summed E-state index contributed by atoms with van der Waals surface area (Å²) in [7, 11) is -4.24. The molecule has 3 N–H and O–H groups in total. The lowest BCUT2D eigenvalue weighted by Crippen LogP contribution is -2.15. The van der Waals surface area contributed by atoms with Gasteiger partial charge in [0.05, 0.1) is 15.5 Å². The summed E-state index contributed by atoms with van der Waals surface area (Å²) in [6.07, 6.45) is -4.65. The molecule has 2 aromatic rings. The van der Waals surface area contributed by atoms with Crippen molar-refractivity contribution in [3.05, 3.63) is 47.0 Å². The zero-order valence-corrected chi connectivity index (χ0v) is 12.3. The lowest BCUT2D eigenvalue weighted by molar-refractivity contribution is -0.137. The van der Waals surface area contributed by atoms with E-state index in [0.29, 0.717) is 12.1 Å². The van der Waals surface area contributed by atoms with Crippen molar-refractivity contribution in [2.45, 2.75) is 11.1 Å². The summed E-state index contributed by atoms with van der Waals surface area (Å²) in [6.45, 7) is 0. The third-order valence-electron chi connectivity index (χ3n) is 2.87. The molecular formula is C13H9ClF3NO3S. The molecule has 0 aliphatic heterocycles. The van der Waals surface area contributed by atoms with Crippen LogP contribution in [0.5, 0.6) is 5.75 Å². The van der Waals surface area contributed by atoms with E-state index in [-0.39, 0.29) is 21.9 Å². The minimum atomic E-state index is -4.65. The largest absolute Gasteiger partial charge is 0.506 e. The first-order chi connectivity index (χ1) is 10.00. The molecule has 22 heavy (non-hydrogen) atoms. The number of hydrogen-bond acceptors (Lipinski definition) is 3. The van der Waals surface area contributed by atoms with Gasteiger partial charge in [0, 0.05) is 5.56 Å². The first-order valence-corrected chi connectivity index (χ1v) is 7.65. The zero-order valence-electron chi connectivity index (χ0n) is 10.7. The smallest absolute Gasteiger partial charge is 0.416 e. The molecule has 0 aliphatic carbocycles. The van der Waals surface area contributed by atoms with Crippen molar-refractivity contribution in [1.29, 1.82) is 0 Å². The van der Waals surface area contributed by atoms with E-state index in [1.54, 1.807) is 0 Å². The molecular weight excluding hydrogens is 343 g/mol. The maximum Gasteiger partial charge on any atom is 0.416 e. The Labute approximate surface area is 129 Å². The van der Waals surface area contributed by atoms with Crippen LogP contribution >= 0.6 is 11.6 Å². The minimum absolute atomic E-state index is 0.0814. The molecule has 0 saturated heterocycles. The molecule has 0 saturated carbocycles. The van der Waals surface area contributed by atoms with Crippen LogP contribution in [0.15, 0.2) is 41.3 Å². The molecule has 0 aromatic heterocycles. The van der Waals surface area contributed by atoms with E-state index in [1.807, 2.05) is 0 Å². The van der Waals surface area contributed by atoms with E-state index in [2.05, 4.69) is 0 Å². The number of rotatable bonds is 2. The van der Waals surface area contributed by atoms with Gasteiger partial charge in [-0.2, -0.15) is 13.2 Å². The first kappa shape index (κ1) is 16.6. The van der Waals surface area contributed by atoms with E-state index in [9.17, 15) is 26.7 Å². The predicted molar refractivity (Wildman–Crippen MR) is 74.9 cm³/mol. The van der Waals surface area contributed by atoms with E-state index < -0.39 is 26.7 Å². The first-order valence-electron chi connectivity index (χ1n) is 5.73. The van der Waals surface area contributed by atoms with Crippen LogP contribution in [0.3, 0.4) is 0 Å². The molecule has 2 rings (SSSR count). The Bertz CT molecular complexity index is 835. The Hall–Kier alpha value is -1.77. The highest BCUT2D eigenvalue weighted by molar-refractivity contribution is 7.89. The summed E-state index contributed by atoms with van der Waals surface area (Å²) in [6, 6.07) is 5.62. The lowest BCUT2D eigenvalue weighted by Gasteiger charge is -2.13. The van der Waals surface area contributed by atoms with Crippen LogP contribution in [0.4, 0.5) is 13.2 Å². The van der Waals surface area contributed by atoms with Crippen molar-refractivity contribution in [2.75, 3.05) is 0 Å². The van der Waals surface area contributed by atoms with E-state index in [0.717, 1.165) is 18.2 Å². The van der Waals surface area contributed by atoms with Crippen molar-refractivity contribution in [3.8, 4) is 16.9 Å². The van der Waals surface area contributed by atoms with Crippen molar-refractivity contribution < 1.29 is 26.7 Å². The van der Waals surface area contributed by atoms with Crippen LogP contribution in [0.2, 0.25) is 5.02 Å². The Morgan fingerprint density at radius 2 is 1.73 bits per heavy atom. The molecule has 4 nitrogen and oxygen atoms in total. The van der Waals surface area contributed by atoms with Gasteiger partial charge in [-0.25, -0.2) is 13.6 Å². The van der Waals surface area contributed by atoms with Gasteiger partial charge in [0.25, 0.3) is 0 Å². The highest BCUT2D eigenvalue weighted by Gasteiger charge is 2.32. The molecule has 0 aliphatic rings. The number of halogens is 4. The number of benzene rings is 2. The number of phenolic OH excluding ortho intramolecular Hbond substituents is 1. The van der Waals surface area contributed by atoms with Crippen LogP contribution in [0.25, 0.3) is 11.1 Å². The average molecular weight is 352 g/mol. The topological polar surface area (TPSA) is 80.4 Å². The predicted octanol–water partition coefficient (Wildman–Crippen LogP) is 3.38. The summed E-state index contributed by atoms with van der Waals surface area (Å²) >= 11 is 5.71. The van der Waals surface area contributed by atoms with Crippen LogP contribution in [0.1, 0.15) is 5.56 Å². The van der Waals surface area contributed by atoms with Gasteiger partial charge in [-0.15, -0.1) is 0 Å². The Balaban J connectivity index is 2.77. The minimum Gasteiger partial charge on any atom is -0.506 e. The molecule has 0 amide bonds. The van der Waals surface area contributed by atoms with Gasteiger partial charge in [-0.1, -0.05) is 17.7 Å². The van der Waals surface area contributed by atoms with Crippen LogP contribution in [0, 0.1) is 0 Å². The molecule has 0 fully saturated rings. The molecule has 0 heterocycles. The highest BCUT2D eigenvalue weighted by atomic mass is 35.5. The van der Waals surface area contributed by atoms with Gasteiger partial charge >= 0.3 is 6.18 Å². The summed E-state index contributed by atoms with van der Waals surface area (Å²) in [5.74, 6) is -0.283. The van der Waals surface area contributed by atoms with E-state index in [1.165, 1.54) is 6.07 Å². The average Bonchev–Trinajstić information content (AvgIpc) is 2.39. The molecule has 0 unspecified atom stereocenters. The van der Waals surface area contributed by atoms with Gasteiger partial charge in [-0.3, -0.25) is 0 Å². The monoisotopic (exact) mass is 351 g/mol. The van der Waals surface area contributed by atoms with Crippen LogP contribution < -0.4 is 5.14 Å². The third-order valence-corrected chi connectivity index (χ3v) is 4.14. The van der Waals surface area contributed by atoms with Crippen LogP contribution in [-0.4, -0.2) is 13.5 Å². The van der Waals surface area contributed by atoms with Crippen molar-refractivity contribution in [3.63, 3.8) is 0 Å². The standard InChI is InChI=1S/C13H9ClF3NO3S/c14-10-5-7(1-3-11(10)19)9-6-8(13(15,16)17)2-4-12(9)22(18,20)21/h1-6,19H,(H2,18,20,21). The summed E-state index contributed by atoms with van der Waals surface area (Å²) < 4.78 is 61.5. The molecule has 0 bridgehead atoms. The number of nitrogens with two attached hydrogens (primary N) is 1. The van der Waals surface area contributed by atoms with Gasteiger partial charge in [-0.05, 0) is 35.9 Å².